The third-order valence-electron chi connectivity index (χ3n) is 4.13. The van der Waals surface area contributed by atoms with Crippen molar-refractivity contribution in [1.29, 1.82) is 0 Å². The molecule has 0 atom stereocenters. The Bertz CT molecular complexity index is 1070. The highest BCUT2D eigenvalue weighted by Crippen LogP contribution is 2.24. The molecule has 0 saturated carbocycles. The Balaban J connectivity index is 1.59. The fourth-order valence-corrected chi connectivity index (χ4v) is 3.74. The van der Waals surface area contributed by atoms with Crippen LogP contribution >= 0.6 is 11.3 Å². The van der Waals surface area contributed by atoms with Gasteiger partial charge in [0.1, 0.15) is 10.7 Å². The molecule has 2 N–H and O–H groups in total. The SMILES string of the molecule is CCc1nc(NC(=O)CCCc2nc3ccccc3c(=O)[nH]2)sc1C(=O)OC. The fourth-order valence-electron chi connectivity index (χ4n) is 2.75. The van der Waals surface area contributed by atoms with Crippen LogP contribution in [0.4, 0.5) is 5.13 Å². The molecule has 1 amide bonds. The summed E-state index contributed by atoms with van der Waals surface area (Å²) in [7, 11) is 1.31. The highest BCUT2D eigenvalue weighted by Gasteiger charge is 2.18. The second-order valence-corrected chi connectivity index (χ2v) is 7.07. The number of amides is 1. The summed E-state index contributed by atoms with van der Waals surface area (Å²) in [5.41, 5.74) is 1.05. The minimum atomic E-state index is -0.457. The molecule has 0 spiro atoms. The first-order chi connectivity index (χ1) is 13.5. The summed E-state index contributed by atoms with van der Waals surface area (Å²) in [5.74, 6) is -0.121. The Morgan fingerprint density at radius 3 is 2.79 bits per heavy atom. The summed E-state index contributed by atoms with van der Waals surface area (Å²) in [6.07, 6.45) is 1.80. The van der Waals surface area contributed by atoms with Gasteiger partial charge in [-0.25, -0.2) is 14.8 Å². The van der Waals surface area contributed by atoms with Crippen LogP contribution in [0.25, 0.3) is 10.9 Å². The topological polar surface area (TPSA) is 114 Å². The number of benzene rings is 1. The molecule has 28 heavy (non-hydrogen) atoms. The van der Waals surface area contributed by atoms with Crippen LogP contribution in [-0.4, -0.2) is 33.9 Å². The van der Waals surface area contributed by atoms with Crippen LogP contribution in [-0.2, 0) is 22.4 Å². The summed E-state index contributed by atoms with van der Waals surface area (Å²) in [6, 6.07) is 7.12. The van der Waals surface area contributed by atoms with Gasteiger partial charge in [-0.3, -0.25) is 9.59 Å². The summed E-state index contributed by atoms with van der Waals surface area (Å²) in [5, 5.41) is 3.63. The van der Waals surface area contributed by atoms with Crippen molar-refractivity contribution in [3.05, 3.63) is 51.0 Å². The number of fused-ring (bicyclic) bond motifs is 1. The molecule has 8 nitrogen and oxygen atoms in total. The Kier molecular flexibility index (Phi) is 6.15. The van der Waals surface area contributed by atoms with E-state index in [0.717, 1.165) is 11.3 Å². The number of esters is 1. The van der Waals surface area contributed by atoms with E-state index in [1.54, 1.807) is 18.2 Å². The number of anilines is 1. The van der Waals surface area contributed by atoms with E-state index in [-0.39, 0.29) is 17.9 Å². The van der Waals surface area contributed by atoms with Crippen molar-refractivity contribution in [1.82, 2.24) is 15.0 Å². The molecule has 0 aliphatic rings. The minimum absolute atomic E-state index is 0.185. The zero-order valence-corrected chi connectivity index (χ0v) is 16.4. The van der Waals surface area contributed by atoms with Crippen LogP contribution in [0.5, 0.6) is 0 Å². The zero-order chi connectivity index (χ0) is 20.1. The number of hydrogen-bond acceptors (Lipinski definition) is 7. The number of ether oxygens (including phenoxy) is 1. The molecular formula is C19H20N4O4S. The van der Waals surface area contributed by atoms with Gasteiger partial charge in [-0.1, -0.05) is 30.4 Å². The van der Waals surface area contributed by atoms with Crippen LogP contribution in [0.2, 0.25) is 0 Å². The Morgan fingerprint density at radius 2 is 2.04 bits per heavy atom. The van der Waals surface area contributed by atoms with Gasteiger partial charge in [0.2, 0.25) is 5.91 Å². The van der Waals surface area contributed by atoms with Gasteiger partial charge in [-0.05, 0) is 25.0 Å². The number of hydrogen-bond donors (Lipinski definition) is 2. The van der Waals surface area contributed by atoms with Crippen molar-refractivity contribution in [3.63, 3.8) is 0 Å². The lowest BCUT2D eigenvalue weighted by Crippen LogP contribution is -2.14. The van der Waals surface area contributed by atoms with Crippen molar-refractivity contribution >= 4 is 39.2 Å². The van der Waals surface area contributed by atoms with E-state index in [1.807, 2.05) is 13.0 Å². The zero-order valence-electron chi connectivity index (χ0n) is 15.6. The molecule has 0 bridgehead atoms. The van der Waals surface area contributed by atoms with Crippen molar-refractivity contribution < 1.29 is 14.3 Å². The summed E-state index contributed by atoms with van der Waals surface area (Å²) in [6.45, 7) is 1.88. The standard InChI is InChI=1S/C19H20N4O4S/c1-3-12-16(18(26)27-2)28-19(21-12)23-15(24)10-6-9-14-20-13-8-5-4-7-11(13)17(25)22-14/h4-5,7-8H,3,6,9-10H2,1-2H3,(H,20,22,25)(H,21,23,24). The minimum Gasteiger partial charge on any atom is -0.465 e. The van der Waals surface area contributed by atoms with Crippen molar-refractivity contribution in [2.24, 2.45) is 0 Å². The number of methoxy groups -OCH3 is 1. The van der Waals surface area contributed by atoms with Crippen LogP contribution in [0.1, 0.15) is 41.0 Å². The van der Waals surface area contributed by atoms with Gasteiger partial charge in [0, 0.05) is 12.8 Å². The smallest absolute Gasteiger partial charge is 0.350 e. The Labute approximate surface area is 165 Å². The van der Waals surface area contributed by atoms with Gasteiger partial charge < -0.3 is 15.0 Å². The molecule has 0 radical (unpaired) electrons. The van der Waals surface area contributed by atoms with E-state index >= 15 is 0 Å². The number of para-hydroxylation sites is 1. The summed E-state index contributed by atoms with van der Waals surface area (Å²) < 4.78 is 4.73. The average Bonchev–Trinajstić information content (AvgIpc) is 3.10. The largest absolute Gasteiger partial charge is 0.465 e. The van der Waals surface area contributed by atoms with E-state index in [2.05, 4.69) is 20.3 Å². The quantitative estimate of drug-likeness (QED) is 0.590. The fraction of sp³-hybridized carbons (Fsp3) is 0.316. The molecule has 1 aromatic carbocycles. The van der Waals surface area contributed by atoms with Gasteiger partial charge in [0.25, 0.3) is 5.56 Å². The maximum Gasteiger partial charge on any atom is 0.350 e. The van der Waals surface area contributed by atoms with E-state index in [0.29, 0.717) is 51.7 Å². The van der Waals surface area contributed by atoms with Crippen molar-refractivity contribution in [2.45, 2.75) is 32.6 Å². The molecule has 0 fully saturated rings. The number of aromatic amines is 1. The van der Waals surface area contributed by atoms with Crippen molar-refractivity contribution in [3.8, 4) is 0 Å². The van der Waals surface area contributed by atoms with Crippen LogP contribution in [0.3, 0.4) is 0 Å². The molecule has 0 unspecified atom stereocenters. The number of aryl methyl sites for hydroxylation is 2. The molecule has 0 aliphatic heterocycles. The molecule has 2 heterocycles. The second-order valence-electron chi connectivity index (χ2n) is 6.07. The molecule has 0 saturated heterocycles. The second kappa shape index (κ2) is 8.75. The lowest BCUT2D eigenvalue weighted by molar-refractivity contribution is -0.116. The van der Waals surface area contributed by atoms with Crippen LogP contribution in [0.15, 0.2) is 29.1 Å². The third-order valence-corrected chi connectivity index (χ3v) is 5.12. The molecule has 146 valence electrons. The van der Waals surface area contributed by atoms with E-state index in [1.165, 1.54) is 7.11 Å². The van der Waals surface area contributed by atoms with Gasteiger partial charge in [-0.15, -0.1) is 0 Å². The first-order valence-corrected chi connectivity index (χ1v) is 9.69. The normalized spacial score (nSPS) is 10.8. The number of rotatable bonds is 7. The molecule has 0 aliphatic carbocycles. The molecule has 9 heteroatoms. The Hall–Kier alpha value is -3.07. The molecule has 2 aromatic heterocycles. The number of H-pyrrole nitrogens is 1. The highest BCUT2D eigenvalue weighted by atomic mass is 32.1. The number of aromatic nitrogens is 3. The molecular weight excluding hydrogens is 380 g/mol. The maximum absolute atomic E-state index is 12.2. The third kappa shape index (κ3) is 4.42. The average molecular weight is 400 g/mol. The summed E-state index contributed by atoms with van der Waals surface area (Å²) >= 11 is 1.10. The van der Waals surface area contributed by atoms with Gasteiger partial charge >= 0.3 is 5.97 Å². The van der Waals surface area contributed by atoms with Crippen LogP contribution in [0, 0.1) is 0 Å². The van der Waals surface area contributed by atoms with Gasteiger partial charge in [0.15, 0.2) is 5.13 Å². The number of nitrogens with one attached hydrogen (secondary N) is 2. The molecule has 3 rings (SSSR count). The van der Waals surface area contributed by atoms with E-state index in [4.69, 9.17) is 4.74 Å². The van der Waals surface area contributed by atoms with Crippen molar-refractivity contribution in [2.75, 3.05) is 12.4 Å². The highest BCUT2D eigenvalue weighted by molar-refractivity contribution is 7.17. The monoisotopic (exact) mass is 400 g/mol. The first kappa shape index (κ1) is 19.7. The summed E-state index contributed by atoms with van der Waals surface area (Å²) in [4.78, 5) is 47.8. The predicted molar refractivity (Wildman–Crippen MR) is 107 cm³/mol. The van der Waals surface area contributed by atoms with Gasteiger partial charge in [-0.2, -0.15) is 0 Å². The first-order valence-electron chi connectivity index (χ1n) is 8.87. The number of nitrogens with zero attached hydrogens (tertiary/aromatic N) is 2. The van der Waals surface area contributed by atoms with E-state index in [9.17, 15) is 14.4 Å². The maximum atomic E-state index is 12.2. The van der Waals surface area contributed by atoms with Crippen LogP contribution < -0.4 is 10.9 Å². The van der Waals surface area contributed by atoms with E-state index < -0.39 is 5.97 Å². The number of carbonyl (C=O) groups excluding carboxylic acids is 2. The predicted octanol–water partition coefficient (Wildman–Crippen LogP) is 2.69. The lowest BCUT2D eigenvalue weighted by Gasteiger charge is -2.03. The lowest BCUT2D eigenvalue weighted by atomic mass is 10.2. The molecule has 3 aromatic rings. The Morgan fingerprint density at radius 1 is 1.25 bits per heavy atom. The number of thiazole rings is 1. The number of carbonyl (C=O) groups is 2. The van der Waals surface area contributed by atoms with Gasteiger partial charge in [0.05, 0.1) is 23.7 Å².